The fourth-order valence-electron chi connectivity index (χ4n) is 2.16. The molecule has 4 heteroatoms. The van der Waals surface area contributed by atoms with Crippen molar-refractivity contribution in [2.75, 3.05) is 13.1 Å². The molecule has 112 valence electrons. The van der Waals surface area contributed by atoms with Gasteiger partial charge >= 0.3 is 0 Å². The molecule has 1 aromatic carbocycles. The topological polar surface area (TPSA) is 75.4 Å². The lowest BCUT2D eigenvalue weighted by Crippen LogP contribution is -2.29. The van der Waals surface area contributed by atoms with Crippen molar-refractivity contribution < 1.29 is 9.90 Å². The van der Waals surface area contributed by atoms with Crippen LogP contribution in [0.25, 0.3) is 0 Å². The van der Waals surface area contributed by atoms with Crippen molar-refractivity contribution in [3.63, 3.8) is 0 Å². The van der Waals surface area contributed by atoms with E-state index in [0.717, 1.165) is 16.7 Å². The van der Waals surface area contributed by atoms with Crippen LogP contribution in [-0.4, -0.2) is 24.1 Å². The van der Waals surface area contributed by atoms with Crippen LogP contribution < -0.4 is 11.1 Å². The van der Waals surface area contributed by atoms with E-state index in [1.165, 1.54) is 0 Å². The van der Waals surface area contributed by atoms with Crippen LogP contribution in [0.5, 0.6) is 5.75 Å². The van der Waals surface area contributed by atoms with E-state index < -0.39 is 0 Å². The normalized spacial score (nSPS) is 11.4. The number of aromatic hydroxyl groups is 1. The number of amides is 1. The minimum absolute atomic E-state index is 0.0336. The third kappa shape index (κ3) is 4.53. The summed E-state index contributed by atoms with van der Waals surface area (Å²) in [5.41, 5.74) is 8.08. The van der Waals surface area contributed by atoms with Gasteiger partial charge in [-0.2, -0.15) is 0 Å². The second kappa shape index (κ2) is 6.75. The van der Waals surface area contributed by atoms with Gasteiger partial charge in [0, 0.05) is 19.5 Å². The zero-order chi connectivity index (χ0) is 15.3. The smallest absolute Gasteiger partial charge is 0.220 e. The maximum Gasteiger partial charge on any atom is 0.220 e. The highest BCUT2D eigenvalue weighted by Crippen LogP contribution is 2.34. The van der Waals surface area contributed by atoms with Crippen LogP contribution in [0.3, 0.4) is 0 Å². The monoisotopic (exact) mass is 278 g/mol. The molecule has 0 aromatic heterocycles. The molecule has 0 aliphatic carbocycles. The van der Waals surface area contributed by atoms with Gasteiger partial charge in [-0.1, -0.05) is 38.5 Å². The van der Waals surface area contributed by atoms with Gasteiger partial charge in [0.15, 0.2) is 0 Å². The van der Waals surface area contributed by atoms with Crippen LogP contribution >= 0.6 is 0 Å². The lowest BCUT2D eigenvalue weighted by Gasteiger charge is -2.23. The number of nitrogens with one attached hydrogen (secondary N) is 1. The SMILES string of the molecule is Cc1cc(CCC(=O)NCCN)c(O)c(C(C)(C)C)c1. The predicted molar refractivity (Wildman–Crippen MR) is 81.9 cm³/mol. The average molecular weight is 278 g/mol. The molecule has 0 saturated carbocycles. The van der Waals surface area contributed by atoms with Gasteiger partial charge in [0.25, 0.3) is 0 Å². The Kier molecular flexibility index (Phi) is 5.57. The van der Waals surface area contributed by atoms with Crippen molar-refractivity contribution in [2.45, 2.75) is 46.0 Å². The highest BCUT2D eigenvalue weighted by Gasteiger charge is 2.20. The van der Waals surface area contributed by atoms with Gasteiger partial charge in [0.05, 0.1) is 0 Å². The van der Waals surface area contributed by atoms with Gasteiger partial charge in [-0.05, 0) is 29.9 Å². The Morgan fingerprint density at radius 1 is 1.35 bits per heavy atom. The summed E-state index contributed by atoms with van der Waals surface area (Å²) in [5, 5.41) is 13.1. The van der Waals surface area contributed by atoms with Crippen molar-refractivity contribution in [2.24, 2.45) is 5.73 Å². The van der Waals surface area contributed by atoms with Crippen LogP contribution in [0, 0.1) is 6.92 Å². The van der Waals surface area contributed by atoms with E-state index in [-0.39, 0.29) is 11.3 Å². The molecule has 0 unspecified atom stereocenters. The zero-order valence-electron chi connectivity index (χ0n) is 12.9. The molecule has 20 heavy (non-hydrogen) atoms. The van der Waals surface area contributed by atoms with E-state index in [0.29, 0.717) is 31.7 Å². The molecule has 0 aliphatic rings. The molecule has 0 radical (unpaired) electrons. The van der Waals surface area contributed by atoms with E-state index in [4.69, 9.17) is 5.73 Å². The molecule has 0 spiro atoms. The third-order valence-corrected chi connectivity index (χ3v) is 3.23. The van der Waals surface area contributed by atoms with Crippen LogP contribution in [0.2, 0.25) is 0 Å². The number of hydrogen-bond donors (Lipinski definition) is 3. The van der Waals surface area contributed by atoms with Gasteiger partial charge in [-0.15, -0.1) is 0 Å². The second-order valence-corrected chi connectivity index (χ2v) is 6.21. The van der Waals surface area contributed by atoms with Gasteiger partial charge in [-0.3, -0.25) is 4.79 Å². The number of carbonyl (C=O) groups is 1. The van der Waals surface area contributed by atoms with Crippen molar-refractivity contribution in [1.29, 1.82) is 0 Å². The van der Waals surface area contributed by atoms with Gasteiger partial charge in [0.2, 0.25) is 5.91 Å². The van der Waals surface area contributed by atoms with Crippen molar-refractivity contribution >= 4 is 5.91 Å². The Labute approximate surface area is 121 Å². The molecular weight excluding hydrogens is 252 g/mol. The molecule has 0 bridgehead atoms. The van der Waals surface area contributed by atoms with Crippen molar-refractivity contribution in [3.8, 4) is 5.75 Å². The summed E-state index contributed by atoms with van der Waals surface area (Å²) in [6, 6.07) is 3.95. The maximum atomic E-state index is 11.6. The summed E-state index contributed by atoms with van der Waals surface area (Å²) < 4.78 is 0. The van der Waals surface area contributed by atoms with Crippen molar-refractivity contribution in [3.05, 3.63) is 28.8 Å². The molecule has 0 fully saturated rings. The number of aryl methyl sites for hydroxylation is 2. The number of hydrogen-bond acceptors (Lipinski definition) is 3. The summed E-state index contributed by atoms with van der Waals surface area (Å²) in [4.78, 5) is 11.6. The first-order chi connectivity index (χ1) is 9.25. The standard InChI is InChI=1S/C16H26N2O2/c1-11-9-12(5-6-14(19)18-8-7-17)15(20)13(10-11)16(2,3)4/h9-10,20H,5-8,17H2,1-4H3,(H,18,19). The number of carbonyl (C=O) groups excluding carboxylic acids is 1. The number of nitrogens with two attached hydrogens (primary N) is 1. The Morgan fingerprint density at radius 2 is 2.00 bits per heavy atom. The van der Waals surface area contributed by atoms with Gasteiger partial charge < -0.3 is 16.2 Å². The summed E-state index contributed by atoms with van der Waals surface area (Å²) >= 11 is 0. The fourth-order valence-corrected chi connectivity index (χ4v) is 2.16. The van der Waals surface area contributed by atoms with E-state index in [2.05, 4.69) is 26.1 Å². The predicted octanol–water partition coefficient (Wildman–Crippen LogP) is 2.01. The van der Waals surface area contributed by atoms with E-state index in [1.807, 2.05) is 19.1 Å². The van der Waals surface area contributed by atoms with Crippen LogP contribution in [0.15, 0.2) is 12.1 Å². The number of phenolic OH excluding ortho intramolecular Hbond substituents is 1. The highest BCUT2D eigenvalue weighted by atomic mass is 16.3. The Balaban J connectivity index is 2.86. The molecule has 1 aromatic rings. The average Bonchev–Trinajstić information content (AvgIpc) is 2.35. The molecule has 0 atom stereocenters. The minimum atomic E-state index is -0.118. The molecule has 0 saturated heterocycles. The maximum absolute atomic E-state index is 11.6. The second-order valence-electron chi connectivity index (χ2n) is 6.21. The lowest BCUT2D eigenvalue weighted by atomic mass is 9.83. The van der Waals surface area contributed by atoms with E-state index in [1.54, 1.807) is 0 Å². The zero-order valence-corrected chi connectivity index (χ0v) is 12.9. The Morgan fingerprint density at radius 3 is 2.55 bits per heavy atom. The Bertz CT molecular complexity index is 476. The molecule has 0 aliphatic heterocycles. The largest absolute Gasteiger partial charge is 0.507 e. The minimum Gasteiger partial charge on any atom is -0.507 e. The van der Waals surface area contributed by atoms with Crippen LogP contribution in [0.1, 0.15) is 43.9 Å². The number of benzene rings is 1. The van der Waals surface area contributed by atoms with Gasteiger partial charge in [0.1, 0.15) is 5.75 Å². The van der Waals surface area contributed by atoms with Crippen LogP contribution in [0.4, 0.5) is 0 Å². The van der Waals surface area contributed by atoms with Crippen molar-refractivity contribution in [1.82, 2.24) is 5.32 Å². The summed E-state index contributed by atoms with van der Waals surface area (Å²) in [6.07, 6.45) is 0.896. The number of phenols is 1. The highest BCUT2D eigenvalue weighted by molar-refractivity contribution is 5.76. The number of rotatable bonds is 5. The summed E-state index contributed by atoms with van der Waals surface area (Å²) in [6.45, 7) is 9.14. The first-order valence-corrected chi connectivity index (χ1v) is 7.05. The van der Waals surface area contributed by atoms with E-state index in [9.17, 15) is 9.90 Å². The molecule has 1 amide bonds. The molecule has 4 nitrogen and oxygen atoms in total. The molecule has 4 N–H and O–H groups in total. The lowest BCUT2D eigenvalue weighted by molar-refractivity contribution is -0.120. The third-order valence-electron chi connectivity index (χ3n) is 3.23. The Hall–Kier alpha value is -1.55. The molecule has 1 rings (SSSR count). The van der Waals surface area contributed by atoms with Crippen LogP contribution in [-0.2, 0) is 16.6 Å². The quantitative estimate of drug-likeness (QED) is 0.771. The molecular formula is C16H26N2O2. The molecule has 0 heterocycles. The first-order valence-electron chi connectivity index (χ1n) is 7.05. The summed E-state index contributed by atoms with van der Waals surface area (Å²) in [5.74, 6) is 0.281. The fraction of sp³-hybridized carbons (Fsp3) is 0.562. The summed E-state index contributed by atoms with van der Waals surface area (Å²) in [7, 11) is 0. The van der Waals surface area contributed by atoms with E-state index >= 15 is 0 Å². The first kappa shape index (κ1) is 16.5. The van der Waals surface area contributed by atoms with Gasteiger partial charge in [-0.25, -0.2) is 0 Å².